The van der Waals surface area contributed by atoms with Gasteiger partial charge in [-0.2, -0.15) is 0 Å². The Hall–Kier alpha value is -1.55. The second kappa shape index (κ2) is 7.79. The number of nitrogens with zero attached hydrogens (tertiary/aromatic N) is 1. The van der Waals surface area contributed by atoms with Crippen LogP contribution in [0.2, 0.25) is 0 Å². The molecule has 0 amide bonds. The summed E-state index contributed by atoms with van der Waals surface area (Å²) in [7, 11) is 3.86. The average molecular weight is 265 g/mol. The summed E-state index contributed by atoms with van der Waals surface area (Å²) in [4.78, 5) is 13.9. The summed E-state index contributed by atoms with van der Waals surface area (Å²) < 4.78 is 10.6. The predicted molar refractivity (Wildman–Crippen MR) is 76.5 cm³/mol. The van der Waals surface area contributed by atoms with Crippen molar-refractivity contribution in [3.05, 3.63) is 29.8 Å². The average Bonchev–Trinajstić information content (AvgIpc) is 2.39. The summed E-state index contributed by atoms with van der Waals surface area (Å²) in [6.45, 7) is 4.44. The minimum atomic E-state index is -0.512. The lowest BCUT2D eigenvalue weighted by molar-refractivity contribution is -0.0985. The molecule has 0 bridgehead atoms. The lowest BCUT2D eigenvalue weighted by atomic mass is 10.2. The molecule has 1 unspecified atom stereocenters. The fraction of sp³-hybridized carbons (Fsp3) is 0.533. The SMILES string of the molecule is CCCCOC(C)OC(=O)c1cccc(N(C)C)c1. The molecule has 4 nitrogen and oxygen atoms in total. The van der Waals surface area contributed by atoms with Crippen LogP contribution in [0.4, 0.5) is 5.69 Å². The van der Waals surface area contributed by atoms with Gasteiger partial charge in [0.25, 0.3) is 0 Å². The van der Waals surface area contributed by atoms with E-state index in [2.05, 4.69) is 6.92 Å². The van der Waals surface area contributed by atoms with Crippen molar-refractivity contribution in [1.29, 1.82) is 0 Å². The quantitative estimate of drug-likeness (QED) is 0.431. The van der Waals surface area contributed by atoms with Crippen LogP contribution in [0.5, 0.6) is 0 Å². The first kappa shape index (κ1) is 15.5. The van der Waals surface area contributed by atoms with Gasteiger partial charge in [-0.3, -0.25) is 0 Å². The highest BCUT2D eigenvalue weighted by molar-refractivity contribution is 5.90. The highest BCUT2D eigenvalue weighted by Crippen LogP contribution is 2.15. The highest BCUT2D eigenvalue weighted by Gasteiger charge is 2.12. The number of ether oxygens (including phenoxy) is 2. The van der Waals surface area contributed by atoms with Gasteiger partial charge in [0, 0.05) is 19.8 Å². The maximum absolute atomic E-state index is 11.9. The summed E-state index contributed by atoms with van der Waals surface area (Å²) in [5, 5.41) is 0. The summed E-state index contributed by atoms with van der Waals surface area (Å²) >= 11 is 0. The predicted octanol–water partition coefficient (Wildman–Crippen LogP) is 3.07. The fourth-order valence-electron chi connectivity index (χ4n) is 1.56. The van der Waals surface area contributed by atoms with Gasteiger partial charge in [0.2, 0.25) is 0 Å². The molecule has 0 saturated carbocycles. The van der Waals surface area contributed by atoms with Crippen molar-refractivity contribution in [2.24, 2.45) is 0 Å². The minimum Gasteiger partial charge on any atom is -0.432 e. The van der Waals surface area contributed by atoms with Gasteiger partial charge < -0.3 is 14.4 Å². The van der Waals surface area contributed by atoms with Gasteiger partial charge in [0.1, 0.15) is 0 Å². The first-order chi connectivity index (χ1) is 9.04. The molecule has 0 N–H and O–H groups in total. The third kappa shape index (κ3) is 5.30. The molecule has 106 valence electrons. The van der Waals surface area contributed by atoms with Crippen LogP contribution in [0.25, 0.3) is 0 Å². The Morgan fingerprint density at radius 1 is 1.37 bits per heavy atom. The van der Waals surface area contributed by atoms with E-state index in [1.807, 2.05) is 31.1 Å². The van der Waals surface area contributed by atoms with Crippen LogP contribution in [0.3, 0.4) is 0 Å². The van der Waals surface area contributed by atoms with Gasteiger partial charge in [-0.25, -0.2) is 4.79 Å². The minimum absolute atomic E-state index is 0.354. The van der Waals surface area contributed by atoms with Crippen molar-refractivity contribution < 1.29 is 14.3 Å². The number of anilines is 1. The third-order valence-corrected chi connectivity index (χ3v) is 2.72. The van der Waals surface area contributed by atoms with E-state index in [0.29, 0.717) is 12.2 Å². The van der Waals surface area contributed by atoms with Crippen molar-refractivity contribution >= 4 is 11.7 Å². The first-order valence-corrected chi connectivity index (χ1v) is 6.64. The highest BCUT2D eigenvalue weighted by atomic mass is 16.7. The van der Waals surface area contributed by atoms with E-state index in [-0.39, 0.29) is 5.97 Å². The summed E-state index contributed by atoms with van der Waals surface area (Å²) in [6, 6.07) is 7.34. The first-order valence-electron chi connectivity index (χ1n) is 6.64. The van der Waals surface area contributed by atoms with Crippen molar-refractivity contribution in [3.63, 3.8) is 0 Å². The van der Waals surface area contributed by atoms with Crippen LogP contribution >= 0.6 is 0 Å². The van der Waals surface area contributed by atoms with Crippen molar-refractivity contribution in [2.75, 3.05) is 25.6 Å². The lowest BCUT2D eigenvalue weighted by Gasteiger charge is -2.16. The summed E-state index contributed by atoms with van der Waals surface area (Å²) in [5.74, 6) is -0.354. The van der Waals surface area contributed by atoms with Crippen LogP contribution in [0, 0.1) is 0 Å². The van der Waals surface area contributed by atoms with Gasteiger partial charge in [0.05, 0.1) is 12.2 Å². The molecule has 0 spiro atoms. The van der Waals surface area contributed by atoms with E-state index in [1.54, 1.807) is 19.1 Å². The number of hydrogen-bond donors (Lipinski definition) is 0. The van der Waals surface area contributed by atoms with E-state index in [4.69, 9.17) is 9.47 Å². The Morgan fingerprint density at radius 3 is 2.74 bits per heavy atom. The smallest absolute Gasteiger partial charge is 0.340 e. The van der Waals surface area contributed by atoms with Crippen molar-refractivity contribution in [2.45, 2.75) is 33.0 Å². The molecule has 19 heavy (non-hydrogen) atoms. The molecule has 0 radical (unpaired) electrons. The van der Waals surface area contributed by atoms with Crippen LogP contribution in [-0.2, 0) is 9.47 Å². The van der Waals surface area contributed by atoms with Crippen molar-refractivity contribution in [1.82, 2.24) is 0 Å². The Labute approximate surface area is 115 Å². The normalized spacial score (nSPS) is 12.0. The molecule has 0 aliphatic heterocycles. The molecule has 0 aromatic heterocycles. The standard InChI is InChI=1S/C15H23NO3/c1-5-6-10-18-12(2)19-15(17)13-8-7-9-14(11-13)16(3)4/h7-9,11-12H,5-6,10H2,1-4H3. The van der Waals surface area contributed by atoms with E-state index in [1.165, 1.54) is 0 Å². The van der Waals surface area contributed by atoms with Gasteiger partial charge in [0.15, 0.2) is 6.29 Å². The Kier molecular flexibility index (Phi) is 6.36. The van der Waals surface area contributed by atoms with Gasteiger partial charge in [-0.15, -0.1) is 0 Å². The Morgan fingerprint density at radius 2 is 2.11 bits per heavy atom. The molecular weight excluding hydrogens is 242 g/mol. The molecule has 1 aromatic carbocycles. The number of carbonyl (C=O) groups is 1. The van der Waals surface area contributed by atoms with E-state index < -0.39 is 6.29 Å². The molecule has 1 atom stereocenters. The zero-order chi connectivity index (χ0) is 14.3. The maximum Gasteiger partial charge on any atom is 0.340 e. The molecule has 1 aromatic rings. The monoisotopic (exact) mass is 265 g/mol. The number of esters is 1. The molecule has 0 saturated heterocycles. The van der Waals surface area contributed by atoms with Gasteiger partial charge in [-0.05, 0) is 31.5 Å². The van der Waals surface area contributed by atoms with Crippen molar-refractivity contribution in [3.8, 4) is 0 Å². The Balaban J connectivity index is 2.55. The molecule has 0 fully saturated rings. The van der Waals surface area contributed by atoms with Crippen LogP contribution < -0.4 is 4.90 Å². The molecule has 1 rings (SSSR count). The van der Waals surface area contributed by atoms with E-state index in [0.717, 1.165) is 18.5 Å². The molecular formula is C15H23NO3. The second-order valence-corrected chi connectivity index (χ2v) is 4.64. The van der Waals surface area contributed by atoms with Crippen LogP contribution in [0.15, 0.2) is 24.3 Å². The second-order valence-electron chi connectivity index (χ2n) is 4.64. The summed E-state index contributed by atoms with van der Waals surface area (Å²) in [6.07, 6.45) is 1.52. The van der Waals surface area contributed by atoms with E-state index in [9.17, 15) is 4.79 Å². The molecule has 0 aliphatic rings. The van der Waals surface area contributed by atoms with E-state index >= 15 is 0 Å². The van der Waals surface area contributed by atoms with Gasteiger partial charge >= 0.3 is 5.97 Å². The van der Waals surface area contributed by atoms with Crippen LogP contribution in [0.1, 0.15) is 37.0 Å². The lowest BCUT2D eigenvalue weighted by Crippen LogP contribution is -2.19. The number of benzene rings is 1. The largest absolute Gasteiger partial charge is 0.432 e. The number of rotatable bonds is 7. The van der Waals surface area contributed by atoms with Crippen LogP contribution in [-0.4, -0.2) is 33.0 Å². The Bertz CT molecular complexity index is 404. The molecule has 0 aliphatic carbocycles. The molecule has 0 heterocycles. The number of carbonyl (C=O) groups excluding carboxylic acids is 1. The topological polar surface area (TPSA) is 38.8 Å². The maximum atomic E-state index is 11.9. The third-order valence-electron chi connectivity index (χ3n) is 2.72. The fourth-order valence-corrected chi connectivity index (χ4v) is 1.56. The number of hydrogen-bond acceptors (Lipinski definition) is 4. The zero-order valence-corrected chi connectivity index (χ0v) is 12.2. The molecule has 4 heteroatoms. The zero-order valence-electron chi connectivity index (χ0n) is 12.2. The number of unbranched alkanes of at least 4 members (excludes halogenated alkanes) is 1. The summed E-state index contributed by atoms with van der Waals surface area (Å²) in [5.41, 5.74) is 1.51. The van der Waals surface area contributed by atoms with Gasteiger partial charge in [-0.1, -0.05) is 19.4 Å².